The van der Waals surface area contributed by atoms with Crippen LogP contribution in [-0.4, -0.2) is 33.2 Å². The Bertz CT molecular complexity index is 1080. The van der Waals surface area contributed by atoms with Gasteiger partial charge in [0.1, 0.15) is 5.15 Å². The van der Waals surface area contributed by atoms with Crippen LogP contribution in [0.25, 0.3) is 16.8 Å². The average molecular weight is 436 g/mol. The zero-order valence-electron chi connectivity index (χ0n) is 17.3. The summed E-state index contributed by atoms with van der Waals surface area (Å²) in [4.78, 5) is 17.7. The first kappa shape index (κ1) is 21.2. The molecule has 0 saturated heterocycles. The molecule has 31 heavy (non-hydrogen) atoms. The molecule has 1 aliphatic carbocycles. The Morgan fingerprint density at radius 2 is 1.90 bits per heavy atom. The topological polar surface area (TPSA) is 65.5 Å². The summed E-state index contributed by atoms with van der Waals surface area (Å²) < 4.78 is 0. The van der Waals surface area contributed by atoms with Crippen LogP contribution < -0.4 is 5.32 Å². The van der Waals surface area contributed by atoms with Crippen LogP contribution in [0.5, 0.6) is 0 Å². The van der Waals surface area contributed by atoms with Crippen LogP contribution in [0, 0.1) is 0 Å². The molecule has 3 aromatic rings. The summed E-state index contributed by atoms with van der Waals surface area (Å²) in [5.41, 5.74) is 2.97. The highest BCUT2D eigenvalue weighted by Gasteiger charge is 2.29. The minimum absolute atomic E-state index is 0.0330. The van der Waals surface area contributed by atoms with Gasteiger partial charge in [0.2, 0.25) is 0 Å². The van der Waals surface area contributed by atoms with Gasteiger partial charge in [-0.3, -0.25) is 0 Å². The Balaban J connectivity index is 1.46. The average Bonchev–Trinajstić information content (AvgIpc) is 2.79. The van der Waals surface area contributed by atoms with Crippen molar-refractivity contribution in [2.24, 2.45) is 0 Å². The number of amides is 1. The SMILES string of the molecule is C=Cc1cnc(Cl)c2cccc(N[C@H]3CC[C@H](N(Cc4ccccc4)C(=O)O)CC3)c12. The number of rotatable bonds is 6. The normalized spacial score (nSPS) is 18.5. The van der Waals surface area contributed by atoms with E-state index in [4.69, 9.17) is 11.6 Å². The molecular weight excluding hydrogens is 410 g/mol. The summed E-state index contributed by atoms with van der Waals surface area (Å²) in [7, 11) is 0. The minimum atomic E-state index is -0.855. The first-order chi connectivity index (χ1) is 15.1. The molecule has 2 N–H and O–H groups in total. The molecule has 1 amide bonds. The number of carboxylic acid groups (broad SMARTS) is 1. The number of anilines is 1. The molecular formula is C25H26ClN3O2. The third kappa shape index (κ3) is 4.67. The fourth-order valence-corrected chi connectivity index (χ4v) is 4.66. The highest BCUT2D eigenvalue weighted by atomic mass is 35.5. The van der Waals surface area contributed by atoms with Gasteiger partial charge in [-0.05, 0) is 37.3 Å². The van der Waals surface area contributed by atoms with Gasteiger partial charge in [0.25, 0.3) is 0 Å². The van der Waals surface area contributed by atoms with Gasteiger partial charge < -0.3 is 15.3 Å². The maximum absolute atomic E-state index is 11.9. The Kier molecular flexibility index (Phi) is 6.42. The van der Waals surface area contributed by atoms with Crippen molar-refractivity contribution in [2.75, 3.05) is 5.32 Å². The van der Waals surface area contributed by atoms with Gasteiger partial charge in [0.05, 0.1) is 0 Å². The molecule has 6 heteroatoms. The van der Waals surface area contributed by atoms with Crippen LogP contribution in [0.1, 0.15) is 36.8 Å². The quantitative estimate of drug-likeness (QED) is 0.437. The van der Waals surface area contributed by atoms with E-state index < -0.39 is 6.09 Å². The molecule has 0 aliphatic heterocycles. The third-order valence-corrected chi connectivity index (χ3v) is 6.35. The van der Waals surface area contributed by atoms with Crippen molar-refractivity contribution >= 4 is 40.2 Å². The van der Waals surface area contributed by atoms with E-state index in [1.165, 1.54) is 0 Å². The molecule has 0 spiro atoms. The predicted molar refractivity (Wildman–Crippen MR) is 127 cm³/mol. The van der Waals surface area contributed by atoms with Crippen LogP contribution in [0.2, 0.25) is 5.15 Å². The molecule has 1 fully saturated rings. The van der Waals surface area contributed by atoms with Crippen molar-refractivity contribution in [1.29, 1.82) is 0 Å². The smallest absolute Gasteiger partial charge is 0.407 e. The van der Waals surface area contributed by atoms with Gasteiger partial charge in [-0.25, -0.2) is 9.78 Å². The lowest BCUT2D eigenvalue weighted by atomic mass is 9.89. The minimum Gasteiger partial charge on any atom is -0.465 e. The van der Waals surface area contributed by atoms with Crippen molar-refractivity contribution in [3.05, 3.63) is 77.6 Å². The van der Waals surface area contributed by atoms with E-state index in [0.29, 0.717) is 11.7 Å². The van der Waals surface area contributed by atoms with Gasteiger partial charge in [-0.2, -0.15) is 0 Å². The van der Waals surface area contributed by atoms with E-state index in [0.717, 1.165) is 53.3 Å². The lowest BCUT2D eigenvalue weighted by Gasteiger charge is -2.36. The number of pyridine rings is 1. The summed E-state index contributed by atoms with van der Waals surface area (Å²) in [6, 6.07) is 16.1. The molecule has 0 unspecified atom stereocenters. The molecule has 4 rings (SSSR count). The molecule has 0 bridgehead atoms. The van der Waals surface area contributed by atoms with Crippen LogP contribution in [0.15, 0.2) is 61.3 Å². The maximum atomic E-state index is 11.9. The number of halogens is 1. The van der Waals surface area contributed by atoms with E-state index in [1.54, 1.807) is 17.2 Å². The van der Waals surface area contributed by atoms with Crippen molar-refractivity contribution in [3.63, 3.8) is 0 Å². The van der Waals surface area contributed by atoms with Crippen molar-refractivity contribution in [1.82, 2.24) is 9.88 Å². The van der Waals surface area contributed by atoms with Crippen LogP contribution in [0.3, 0.4) is 0 Å². The number of fused-ring (bicyclic) bond motifs is 1. The Morgan fingerprint density at radius 1 is 1.16 bits per heavy atom. The zero-order chi connectivity index (χ0) is 21.8. The lowest BCUT2D eigenvalue weighted by Crippen LogP contribution is -2.43. The van der Waals surface area contributed by atoms with Crippen molar-refractivity contribution < 1.29 is 9.90 Å². The molecule has 1 aromatic heterocycles. The van der Waals surface area contributed by atoms with Gasteiger partial charge in [0, 0.05) is 46.8 Å². The Hall–Kier alpha value is -3.05. The molecule has 2 aromatic carbocycles. The number of carbonyl (C=O) groups is 1. The molecule has 1 saturated carbocycles. The Morgan fingerprint density at radius 3 is 2.58 bits per heavy atom. The first-order valence-electron chi connectivity index (χ1n) is 10.6. The first-order valence-corrected chi connectivity index (χ1v) is 10.9. The number of aromatic nitrogens is 1. The molecule has 1 aliphatic rings. The second-order valence-electron chi connectivity index (χ2n) is 7.98. The third-order valence-electron chi connectivity index (χ3n) is 6.05. The Labute approximate surface area is 187 Å². The van der Waals surface area contributed by atoms with Gasteiger partial charge in [-0.15, -0.1) is 0 Å². The number of nitrogens with zero attached hydrogens (tertiary/aromatic N) is 2. The highest BCUT2D eigenvalue weighted by Crippen LogP contribution is 2.34. The van der Waals surface area contributed by atoms with E-state index in [2.05, 4.69) is 22.9 Å². The largest absolute Gasteiger partial charge is 0.465 e. The van der Waals surface area contributed by atoms with Gasteiger partial charge >= 0.3 is 6.09 Å². The summed E-state index contributed by atoms with van der Waals surface area (Å²) in [5.74, 6) is 0. The van der Waals surface area contributed by atoms with Crippen molar-refractivity contribution in [2.45, 2.75) is 44.3 Å². The summed E-state index contributed by atoms with van der Waals surface area (Å²) in [6.07, 6.45) is 6.16. The van der Waals surface area contributed by atoms with Crippen molar-refractivity contribution in [3.8, 4) is 0 Å². The van der Waals surface area contributed by atoms with Gasteiger partial charge in [-0.1, -0.05) is 66.7 Å². The fourth-order valence-electron chi connectivity index (χ4n) is 4.46. The lowest BCUT2D eigenvalue weighted by molar-refractivity contribution is 0.105. The van der Waals surface area contributed by atoms with Crippen LogP contribution in [0.4, 0.5) is 10.5 Å². The van der Waals surface area contributed by atoms with E-state index in [1.807, 2.05) is 42.5 Å². The van der Waals surface area contributed by atoms with Gasteiger partial charge in [0.15, 0.2) is 0 Å². The monoisotopic (exact) mass is 435 g/mol. The molecule has 160 valence electrons. The molecule has 0 atom stereocenters. The number of hydrogen-bond acceptors (Lipinski definition) is 3. The fraction of sp³-hybridized carbons (Fsp3) is 0.280. The summed E-state index contributed by atoms with van der Waals surface area (Å²) >= 11 is 6.32. The van der Waals surface area contributed by atoms with Crippen LogP contribution in [-0.2, 0) is 6.54 Å². The summed E-state index contributed by atoms with van der Waals surface area (Å²) in [6.45, 7) is 4.33. The van der Waals surface area contributed by atoms with Crippen LogP contribution >= 0.6 is 11.6 Å². The summed E-state index contributed by atoms with van der Waals surface area (Å²) in [5, 5.41) is 15.8. The molecule has 1 heterocycles. The predicted octanol–water partition coefficient (Wildman–Crippen LogP) is 6.43. The molecule has 5 nitrogen and oxygen atoms in total. The van der Waals surface area contributed by atoms with E-state index in [9.17, 15) is 9.90 Å². The maximum Gasteiger partial charge on any atom is 0.407 e. The number of benzene rings is 2. The number of hydrogen-bond donors (Lipinski definition) is 2. The standard InChI is InChI=1S/C25H26ClN3O2/c1-2-18-15-27-24(26)21-9-6-10-22(23(18)21)28-19-11-13-20(14-12-19)29(25(30)31)16-17-7-4-3-5-8-17/h2-10,15,19-20,28H,1,11-14,16H2,(H,30,31)/t19-,20-. The highest BCUT2D eigenvalue weighted by molar-refractivity contribution is 6.35. The zero-order valence-corrected chi connectivity index (χ0v) is 18.1. The van der Waals surface area contributed by atoms with E-state index in [-0.39, 0.29) is 12.1 Å². The van der Waals surface area contributed by atoms with E-state index >= 15 is 0 Å². The second kappa shape index (κ2) is 9.40. The molecule has 0 radical (unpaired) electrons. The second-order valence-corrected chi connectivity index (χ2v) is 8.34. The number of nitrogens with one attached hydrogen (secondary N) is 1.